The summed E-state index contributed by atoms with van der Waals surface area (Å²) in [5.74, 6) is 0.641. The Labute approximate surface area is 142 Å². The molecule has 0 aromatic heterocycles. The molecule has 0 bridgehead atoms. The van der Waals surface area contributed by atoms with Crippen molar-refractivity contribution in [2.75, 3.05) is 27.4 Å². The van der Waals surface area contributed by atoms with Gasteiger partial charge in [-0.05, 0) is 37.0 Å². The summed E-state index contributed by atoms with van der Waals surface area (Å²) in [5.41, 5.74) is -0.0878. The summed E-state index contributed by atoms with van der Waals surface area (Å²) in [6.45, 7) is 1.10. The second-order valence-corrected chi connectivity index (χ2v) is 6.62. The highest BCUT2D eigenvalue weighted by Gasteiger charge is 2.50. The summed E-state index contributed by atoms with van der Waals surface area (Å²) in [6.07, 6.45) is 1.63. The normalized spacial score (nSPS) is 28.9. The zero-order valence-electron chi connectivity index (χ0n) is 14.3. The van der Waals surface area contributed by atoms with Gasteiger partial charge in [0.15, 0.2) is 17.3 Å². The number of aryl methyl sites for hydroxylation is 1. The maximum absolute atomic E-state index is 10.9. The molecule has 1 aromatic rings. The monoisotopic (exact) mass is 338 g/mol. The summed E-state index contributed by atoms with van der Waals surface area (Å²) in [5, 5.41) is 21.3. The van der Waals surface area contributed by atoms with Gasteiger partial charge in [-0.3, -0.25) is 0 Å². The number of hydrogen-bond donors (Lipinski definition) is 2. The average Bonchev–Trinajstić information content (AvgIpc) is 3.05. The fraction of sp³-hybridized carbons (Fsp3) is 0.667. The topological polar surface area (TPSA) is 77.4 Å². The van der Waals surface area contributed by atoms with Crippen LogP contribution in [0.4, 0.5) is 0 Å². The molecular weight excluding hydrogens is 312 g/mol. The first-order valence-electron chi connectivity index (χ1n) is 8.39. The van der Waals surface area contributed by atoms with Crippen molar-refractivity contribution < 1.29 is 29.2 Å². The van der Waals surface area contributed by atoms with Gasteiger partial charge in [0.2, 0.25) is 0 Å². The second-order valence-electron chi connectivity index (χ2n) is 6.62. The first kappa shape index (κ1) is 17.5. The van der Waals surface area contributed by atoms with Crippen LogP contribution in [0.3, 0.4) is 0 Å². The van der Waals surface area contributed by atoms with Crippen LogP contribution in [0.25, 0.3) is 0 Å². The molecule has 2 aliphatic rings. The second kappa shape index (κ2) is 6.88. The molecule has 3 rings (SSSR count). The van der Waals surface area contributed by atoms with Gasteiger partial charge in [0.25, 0.3) is 0 Å². The zero-order valence-corrected chi connectivity index (χ0v) is 14.3. The molecule has 1 saturated heterocycles. The van der Waals surface area contributed by atoms with E-state index in [4.69, 9.17) is 18.9 Å². The molecule has 2 atom stereocenters. The molecule has 1 saturated carbocycles. The minimum atomic E-state index is -1.12. The molecular formula is C18H26O6. The number of ether oxygens (including phenoxy) is 4. The van der Waals surface area contributed by atoms with Crippen LogP contribution in [-0.2, 0) is 15.9 Å². The van der Waals surface area contributed by atoms with E-state index in [1.165, 1.54) is 0 Å². The lowest BCUT2D eigenvalue weighted by Crippen LogP contribution is -2.53. The van der Waals surface area contributed by atoms with Gasteiger partial charge in [-0.25, -0.2) is 0 Å². The Morgan fingerprint density at radius 3 is 2.46 bits per heavy atom. The van der Waals surface area contributed by atoms with E-state index in [0.717, 1.165) is 5.56 Å². The Morgan fingerprint density at radius 2 is 1.83 bits per heavy atom. The highest BCUT2D eigenvalue weighted by molar-refractivity contribution is 5.42. The van der Waals surface area contributed by atoms with E-state index in [0.29, 0.717) is 56.8 Å². The summed E-state index contributed by atoms with van der Waals surface area (Å²) >= 11 is 0. The molecule has 6 heteroatoms. The first-order valence-corrected chi connectivity index (χ1v) is 8.39. The smallest absolute Gasteiger partial charge is 0.171 e. The molecule has 1 spiro atoms. The van der Waals surface area contributed by atoms with Crippen molar-refractivity contribution in [1.82, 2.24) is 0 Å². The largest absolute Gasteiger partial charge is 0.493 e. The van der Waals surface area contributed by atoms with E-state index in [2.05, 4.69) is 0 Å². The quantitative estimate of drug-likeness (QED) is 0.850. The van der Waals surface area contributed by atoms with Crippen LogP contribution in [0.5, 0.6) is 11.5 Å². The number of hydrogen-bond acceptors (Lipinski definition) is 6. The predicted molar refractivity (Wildman–Crippen MR) is 87.3 cm³/mol. The van der Waals surface area contributed by atoms with Gasteiger partial charge in [-0.1, -0.05) is 6.07 Å². The van der Waals surface area contributed by atoms with Gasteiger partial charge >= 0.3 is 0 Å². The standard InChI is InChI=1S/C18H26O6/c1-21-14-4-3-13(11-15(14)22-2)5-6-17(20)7-8-18(12-16(17)19)23-9-10-24-18/h3-4,11,16,19-20H,5-10,12H2,1-2H3/t16-,17+/m1/s1. The van der Waals surface area contributed by atoms with Gasteiger partial charge in [-0.2, -0.15) is 0 Å². The minimum Gasteiger partial charge on any atom is -0.493 e. The Morgan fingerprint density at radius 1 is 1.12 bits per heavy atom. The van der Waals surface area contributed by atoms with E-state index in [1.807, 2.05) is 18.2 Å². The predicted octanol–water partition coefficient (Wildman–Crippen LogP) is 1.66. The van der Waals surface area contributed by atoms with E-state index >= 15 is 0 Å². The van der Waals surface area contributed by atoms with Gasteiger partial charge in [0, 0.05) is 12.8 Å². The SMILES string of the molecule is COc1ccc(CC[C@]2(O)CCC3(C[C@H]2O)OCCO3)cc1OC. The molecule has 1 aliphatic heterocycles. The molecule has 134 valence electrons. The lowest BCUT2D eigenvalue weighted by atomic mass is 9.76. The van der Waals surface area contributed by atoms with Crippen molar-refractivity contribution in [3.05, 3.63) is 23.8 Å². The molecule has 1 aromatic carbocycles. The van der Waals surface area contributed by atoms with Crippen molar-refractivity contribution in [3.8, 4) is 11.5 Å². The van der Waals surface area contributed by atoms with Crippen LogP contribution < -0.4 is 9.47 Å². The number of methoxy groups -OCH3 is 2. The van der Waals surface area contributed by atoms with Crippen LogP contribution >= 0.6 is 0 Å². The van der Waals surface area contributed by atoms with Crippen LogP contribution in [0.15, 0.2) is 18.2 Å². The summed E-state index contributed by atoms with van der Waals surface area (Å²) < 4.78 is 21.8. The maximum atomic E-state index is 10.9. The third-order valence-electron chi connectivity index (χ3n) is 5.17. The number of aliphatic hydroxyl groups excluding tert-OH is 1. The van der Waals surface area contributed by atoms with E-state index < -0.39 is 17.5 Å². The summed E-state index contributed by atoms with van der Waals surface area (Å²) in [7, 11) is 3.20. The highest BCUT2D eigenvalue weighted by Crippen LogP contribution is 2.42. The van der Waals surface area contributed by atoms with Gasteiger partial charge < -0.3 is 29.2 Å². The third-order valence-corrected chi connectivity index (χ3v) is 5.17. The Bertz CT molecular complexity index is 569. The Hall–Kier alpha value is -1.34. The molecule has 6 nitrogen and oxygen atoms in total. The van der Waals surface area contributed by atoms with E-state index in [-0.39, 0.29) is 0 Å². The minimum absolute atomic E-state index is 0.315. The number of benzene rings is 1. The molecule has 1 heterocycles. The lowest BCUT2D eigenvalue weighted by molar-refractivity contribution is -0.237. The molecule has 2 fully saturated rings. The Balaban J connectivity index is 1.63. The first-order chi connectivity index (χ1) is 11.5. The molecule has 0 amide bonds. The summed E-state index contributed by atoms with van der Waals surface area (Å²) in [6, 6.07) is 5.71. The van der Waals surface area contributed by atoms with E-state index in [9.17, 15) is 10.2 Å². The Kier molecular flexibility index (Phi) is 5.01. The van der Waals surface area contributed by atoms with Crippen molar-refractivity contribution >= 4 is 0 Å². The van der Waals surface area contributed by atoms with Crippen molar-refractivity contribution in [2.24, 2.45) is 0 Å². The highest BCUT2D eigenvalue weighted by atomic mass is 16.7. The van der Waals surface area contributed by atoms with Gasteiger partial charge in [0.05, 0.1) is 39.1 Å². The van der Waals surface area contributed by atoms with Gasteiger partial charge in [-0.15, -0.1) is 0 Å². The van der Waals surface area contributed by atoms with Crippen molar-refractivity contribution in [1.29, 1.82) is 0 Å². The lowest BCUT2D eigenvalue weighted by Gasteiger charge is -2.44. The molecule has 2 N–H and O–H groups in total. The zero-order chi connectivity index (χ0) is 17.2. The maximum Gasteiger partial charge on any atom is 0.171 e. The average molecular weight is 338 g/mol. The number of aliphatic hydroxyl groups is 2. The van der Waals surface area contributed by atoms with Crippen molar-refractivity contribution in [2.45, 2.75) is 49.6 Å². The van der Waals surface area contributed by atoms with Crippen LogP contribution in [-0.4, -0.2) is 55.1 Å². The van der Waals surface area contributed by atoms with Crippen LogP contribution in [0.2, 0.25) is 0 Å². The van der Waals surface area contributed by atoms with Gasteiger partial charge in [0.1, 0.15) is 0 Å². The van der Waals surface area contributed by atoms with E-state index in [1.54, 1.807) is 14.2 Å². The third kappa shape index (κ3) is 3.37. The fourth-order valence-electron chi connectivity index (χ4n) is 3.61. The summed E-state index contributed by atoms with van der Waals surface area (Å²) in [4.78, 5) is 0. The van der Waals surface area contributed by atoms with Crippen LogP contribution in [0.1, 0.15) is 31.2 Å². The molecule has 1 aliphatic carbocycles. The number of rotatable bonds is 5. The van der Waals surface area contributed by atoms with Crippen molar-refractivity contribution in [3.63, 3.8) is 0 Å². The molecule has 0 radical (unpaired) electrons. The fourth-order valence-corrected chi connectivity index (χ4v) is 3.61. The molecule has 24 heavy (non-hydrogen) atoms. The molecule has 0 unspecified atom stereocenters. The van der Waals surface area contributed by atoms with Crippen LogP contribution in [0, 0.1) is 0 Å².